The van der Waals surface area contributed by atoms with E-state index in [0.717, 1.165) is 38.6 Å². The van der Waals surface area contributed by atoms with Crippen LogP contribution in [0.3, 0.4) is 0 Å². The Hall–Kier alpha value is -0.610. The number of carbonyl (C=O) groups excluding carboxylic acids is 1. The molecule has 0 bridgehead atoms. The Morgan fingerprint density at radius 2 is 2.12 bits per heavy atom. The Morgan fingerprint density at radius 1 is 1.44 bits per heavy atom. The van der Waals surface area contributed by atoms with Crippen LogP contribution in [-0.4, -0.2) is 48.7 Å². The summed E-state index contributed by atoms with van der Waals surface area (Å²) in [4.78, 5) is 13.6. The number of hydrogen-bond donors (Lipinski definition) is 2. The van der Waals surface area contributed by atoms with Crippen LogP contribution in [0.2, 0.25) is 0 Å². The van der Waals surface area contributed by atoms with Crippen LogP contribution in [0.1, 0.15) is 38.5 Å². The predicted molar refractivity (Wildman–Crippen MR) is 64.2 cm³/mol. The molecule has 2 atom stereocenters. The SMILES string of the molecule is CNCCCC(=O)N(C)C1CCCCC1O. The minimum absolute atomic E-state index is 0.0378. The Balaban J connectivity index is 2.36. The molecule has 1 aliphatic carbocycles. The summed E-state index contributed by atoms with van der Waals surface area (Å²) in [7, 11) is 3.71. The molecule has 0 spiro atoms. The molecule has 0 radical (unpaired) electrons. The minimum Gasteiger partial charge on any atom is -0.391 e. The number of likely N-dealkylation sites (N-methyl/N-ethyl adjacent to an activating group) is 1. The summed E-state index contributed by atoms with van der Waals surface area (Å²) >= 11 is 0. The van der Waals surface area contributed by atoms with Crippen molar-refractivity contribution >= 4 is 5.91 Å². The van der Waals surface area contributed by atoms with Crippen LogP contribution in [0, 0.1) is 0 Å². The van der Waals surface area contributed by atoms with Gasteiger partial charge in [-0.25, -0.2) is 0 Å². The fraction of sp³-hybridized carbons (Fsp3) is 0.917. The van der Waals surface area contributed by atoms with E-state index in [2.05, 4.69) is 5.32 Å². The lowest BCUT2D eigenvalue weighted by atomic mass is 9.91. The van der Waals surface area contributed by atoms with Gasteiger partial charge in [-0.15, -0.1) is 0 Å². The van der Waals surface area contributed by atoms with Gasteiger partial charge in [-0.1, -0.05) is 12.8 Å². The number of amides is 1. The van der Waals surface area contributed by atoms with Gasteiger partial charge >= 0.3 is 0 Å². The lowest BCUT2D eigenvalue weighted by Gasteiger charge is -2.35. The minimum atomic E-state index is -0.327. The number of nitrogens with zero attached hydrogens (tertiary/aromatic N) is 1. The summed E-state index contributed by atoms with van der Waals surface area (Å²) in [5.74, 6) is 0.154. The molecule has 94 valence electrons. The van der Waals surface area contributed by atoms with Crippen molar-refractivity contribution in [1.82, 2.24) is 10.2 Å². The van der Waals surface area contributed by atoms with Crippen LogP contribution in [0.25, 0.3) is 0 Å². The average molecular weight is 228 g/mol. The zero-order valence-corrected chi connectivity index (χ0v) is 10.4. The molecular weight excluding hydrogens is 204 g/mol. The fourth-order valence-electron chi connectivity index (χ4n) is 2.32. The molecule has 0 heterocycles. The molecule has 0 aromatic rings. The second-order valence-corrected chi connectivity index (χ2v) is 4.63. The van der Waals surface area contributed by atoms with Gasteiger partial charge < -0.3 is 15.3 Å². The summed E-state index contributed by atoms with van der Waals surface area (Å²) < 4.78 is 0. The van der Waals surface area contributed by atoms with Crippen molar-refractivity contribution in [2.24, 2.45) is 0 Å². The lowest BCUT2D eigenvalue weighted by Crippen LogP contribution is -2.46. The highest BCUT2D eigenvalue weighted by atomic mass is 16.3. The highest BCUT2D eigenvalue weighted by Crippen LogP contribution is 2.22. The molecule has 1 saturated carbocycles. The third kappa shape index (κ3) is 3.76. The standard InChI is InChI=1S/C12H24N2O2/c1-13-9-5-8-12(16)14(2)10-6-3-4-7-11(10)15/h10-11,13,15H,3-9H2,1-2H3. The number of nitrogens with one attached hydrogen (secondary N) is 1. The number of hydrogen-bond acceptors (Lipinski definition) is 3. The van der Waals surface area contributed by atoms with Crippen LogP contribution in [0.5, 0.6) is 0 Å². The molecule has 4 nitrogen and oxygen atoms in total. The molecule has 0 aromatic heterocycles. The van der Waals surface area contributed by atoms with Gasteiger partial charge in [-0.2, -0.15) is 0 Å². The van der Waals surface area contributed by atoms with Crippen molar-refractivity contribution in [3.05, 3.63) is 0 Å². The second-order valence-electron chi connectivity index (χ2n) is 4.63. The van der Waals surface area contributed by atoms with E-state index in [1.807, 2.05) is 14.1 Å². The molecule has 1 aliphatic rings. The number of aliphatic hydroxyl groups is 1. The highest BCUT2D eigenvalue weighted by Gasteiger charge is 2.28. The Labute approximate surface area is 98.0 Å². The third-order valence-electron chi connectivity index (χ3n) is 3.40. The Bertz CT molecular complexity index is 221. The molecule has 2 N–H and O–H groups in total. The Morgan fingerprint density at radius 3 is 2.75 bits per heavy atom. The van der Waals surface area contributed by atoms with Crippen molar-refractivity contribution in [3.8, 4) is 0 Å². The van der Waals surface area contributed by atoms with Gasteiger partial charge in [0.1, 0.15) is 0 Å². The maximum absolute atomic E-state index is 11.8. The van der Waals surface area contributed by atoms with E-state index in [1.54, 1.807) is 4.90 Å². The molecule has 0 saturated heterocycles. The van der Waals surface area contributed by atoms with Gasteiger partial charge in [-0.05, 0) is 32.9 Å². The van der Waals surface area contributed by atoms with Gasteiger partial charge in [0.25, 0.3) is 0 Å². The van der Waals surface area contributed by atoms with Crippen molar-refractivity contribution in [3.63, 3.8) is 0 Å². The summed E-state index contributed by atoms with van der Waals surface area (Å²) in [6, 6.07) is 0.0378. The van der Waals surface area contributed by atoms with Crippen LogP contribution >= 0.6 is 0 Å². The maximum Gasteiger partial charge on any atom is 0.222 e. The topological polar surface area (TPSA) is 52.6 Å². The number of aliphatic hydroxyl groups excluding tert-OH is 1. The third-order valence-corrected chi connectivity index (χ3v) is 3.40. The van der Waals surface area contributed by atoms with E-state index >= 15 is 0 Å². The van der Waals surface area contributed by atoms with E-state index in [-0.39, 0.29) is 18.1 Å². The van der Waals surface area contributed by atoms with Gasteiger partial charge in [0.2, 0.25) is 5.91 Å². The summed E-state index contributed by atoms with van der Waals surface area (Å²) in [5, 5.41) is 12.9. The van der Waals surface area contributed by atoms with E-state index in [9.17, 15) is 9.90 Å². The van der Waals surface area contributed by atoms with Crippen molar-refractivity contribution < 1.29 is 9.90 Å². The summed E-state index contributed by atoms with van der Waals surface area (Å²) in [6.07, 6.45) is 5.08. The molecular formula is C12H24N2O2. The van der Waals surface area contributed by atoms with Crippen molar-refractivity contribution in [1.29, 1.82) is 0 Å². The zero-order chi connectivity index (χ0) is 12.0. The number of rotatable bonds is 5. The molecule has 0 aliphatic heterocycles. The molecule has 1 rings (SSSR count). The fourth-order valence-corrected chi connectivity index (χ4v) is 2.32. The molecule has 16 heavy (non-hydrogen) atoms. The molecule has 4 heteroatoms. The van der Waals surface area contributed by atoms with Crippen LogP contribution < -0.4 is 5.32 Å². The predicted octanol–water partition coefficient (Wildman–Crippen LogP) is 0.748. The normalized spacial score (nSPS) is 25.4. The first kappa shape index (κ1) is 13.5. The quantitative estimate of drug-likeness (QED) is 0.683. The average Bonchev–Trinajstić information content (AvgIpc) is 2.29. The molecule has 1 amide bonds. The van der Waals surface area contributed by atoms with Gasteiger partial charge in [-0.3, -0.25) is 4.79 Å². The van der Waals surface area contributed by atoms with Crippen molar-refractivity contribution in [2.45, 2.75) is 50.7 Å². The molecule has 2 unspecified atom stereocenters. The molecule has 1 fully saturated rings. The smallest absolute Gasteiger partial charge is 0.222 e. The van der Waals surface area contributed by atoms with E-state index in [4.69, 9.17) is 0 Å². The van der Waals surface area contributed by atoms with Crippen LogP contribution in [0.4, 0.5) is 0 Å². The monoisotopic (exact) mass is 228 g/mol. The van der Waals surface area contributed by atoms with Crippen LogP contribution in [-0.2, 0) is 4.79 Å². The van der Waals surface area contributed by atoms with E-state index in [0.29, 0.717) is 6.42 Å². The zero-order valence-electron chi connectivity index (χ0n) is 10.4. The highest BCUT2D eigenvalue weighted by molar-refractivity contribution is 5.76. The largest absolute Gasteiger partial charge is 0.391 e. The van der Waals surface area contributed by atoms with Crippen molar-refractivity contribution in [2.75, 3.05) is 20.6 Å². The van der Waals surface area contributed by atoms with E-state index in [1.165, 1.54) is 0 Å². The first-order valence-corrected chi connectivity index (χ1v) is 6.25. The maximum atomic E-state index is 11.8. The van der Waals surface area contributed by atoms with Gasteiger partial charge in [0, 0.05) is 13.5 Å². The Kier molecular flexibility index (Phi) is 5.77. The lowest BCUT2D eigenvalue weighted by molar-refractivity contribution is -0.135. The second kappa shape index (κ2) is 6.86. The van der Waals surface area contributed by atoms with Gasteiger partial charge in [0.05, 0.1) is 12.1 Å². The summed E-state index contributed by atoms with van der Waals surface area (Å²) in [6.45, 7) is 0.868. The molecule has 0 aromatic carbocycles. The van der Waals surface area contributed by atoms with E-state index < -0.39 is 0 Å². The first-order chi connectivity index (χ1) is 7.66. The van der Waals surface area contributed by atoms with Gasteiger partial charge in [0.15, 0.2) is 0 Å². The first-order valence-electron chi connectivity index (χ1n) is 6.25. The van der Waals surface area contributed by atoms with Crippen LogP contribution in [0.15, 0.2) is 0 Å². The number of carbonyl (C=O) groups is 1. The summed E-state index contributed by atoms with van der Waals surface area (Å²) in [5.41, 5.74) is 0.